The number of aryl methyl sites for hydroxylation is 2. The molecule has 4 nitrogen and oxygen atoms in total. The Morgan fingerprint density at radius 2 is 2.05 bits per heavy atom. The number of aromatic nitrogens is 2. The van der Waals surface area contributed by atoms with Gasteiger partial charge in [0.2, 0.25) is 0 Å². The summed E-state index contributed by atoms with van der Waals surface area (Å²) in [6.07, 6.45) is 4.82. The summed E-state index contributed by atoms with van der Waals surface area (Å²) in [6, 6.07) is 4.36. The van der Waals surface area contributed by atoms with Crippen molar-refractivity contribution in [3.8, 4) is 0 Å². The quantitative estimate of drug-likeness (QED) is 0.865. The minimum atomic E-state index is 0.732. The lowest BCUT2D eigenvalue weighted by molar-refractivity contribution is 0.505. The van der Waals surface area contributed by atoms with Crippen LogP contribution in [0.5, 0.6) is 0 Å². The van der Waals surface area contributed by atoms with Crippen molar-refractivity contribution < 1.29 is 4.42 Å². The third-order valence-corrected chi connectivity index (χ3v) is 4.70. The Kier molecular flexibility index (Phi) is 2.98. The number of hydrogen-bond donors (Lipinski definition) is 0. The van der Waals surface area contributed by atoms with Crippen molar-refractivity contribution in [2.75, 3.05) is 18.0 Å². The second kappa shape index (κ2) is 4.86. The molecule has 2 aliphatic rings. The molecule has 1 aliphatic carbocycles. The van der Waals surface area contributed by atoms with E-state index in [1.807, 2.05) is 6.92 Å². The zero-order chi connectivity index (χ0) is 14.4. The number of pyridine rings is 1. The summed E-state index contributed by atoms with van der Waals surface area (Å²) in [5.74, 6) is 3.80. The Balaban J connectivity index is 1.56. The van der Waals surface area contributed by atoms with Crippen LogP contribution in [0.4, 0.5) is 5.82 Å². The minimum absolute atomic E-state index is 0.732. The summed E-state index contributed by atoms with van der Waals surface area (Å²) in [7, 11) is 0. The summed E-state index contributed by atoms with van der Waals surface area (Å²) in [5, 5.41) is 0. The molecule has 1 saturated carbocycles. The fraction of sp³-hybridized carbons (Fsp3) is 0.529. The molecule has 2 aromatic heterocycles. The molecule has 2 aromatic rings. The molecule has 2 fully saturated rings. The van der Waals surface area contributed by atoms with Crippen LogP contribution < -0.4 is 4.90 Å². The van der Waals surface area contributed by atoms with Crippen LogP contribution in [0.2, 0.25) is 0 Å². The number of anilines is 1. The van der Waals surface area contributed by atoms with Crippen molar-refractivity contribution in [1.82, 2.24) is 9.97 Å². The van der Waals surface area contributed by atoms with Crippen LogP contribution in [-0.2, 0) is 12.8 Å². The van der Waals surface area contributed by atoms with Gasteiger partial charge in [-0.25, -0.2) is 9.97 Å². The number of fused-ring (bicyclic) bond motifs is 1. The Hall–Kier alpha value is -1.84. The summed E-state index contributed by atoms with van der Waals surface area (Å²) < 4.78 is 5.47. The molecule has 4 heteroatoms. The van der Waals surface area contributed by atoms with Gasteiger partial charge in [-0.3, -0.25) is 0 Å². The first-order valence-corrected chi connectivity index (χ1v) is 7.87. The van der Waals surface area contributed by atoms with E-state index in [0.717, 1.165) is 42.1 Å². The summed E-state index contributed by atoms with van der Waals surface area (Å²) in [5.41, 5.74) is 3.33. The number of piperidine rings is 1. The van der Waals surface area contributed by atoms with Crippen LogP contribution >= 0.6 is 0 Å². The van der Waals surface area contributed by atoms with Gasteiger partial charge in [-0.05, 0) is 43.2 Å². The van der Waals surface area contributed by atoms with Crippen molar-refractivity contribution in [3.05, 3.63) is 41.2 Å². The minimum Gasteiger partial charge on any atom is -0.448 e. The van der Waals surface area contributed by atoms with Crippen LogP contribution in [0.25, 0.3) is 0 Å². The SMILES string of the molecule is CCc1nc(N2CC3CC3C2)ccc1Cc1nc(C)co1. The molecule has 2 unspecified atom stereocenters. The van der Waals surface area contributed by atoms with Crippen LogP contribution in [0, 0.1) is 18.8 Å². The molecule has 1 aliphatic heterocycles. The van der Waals surface area contributed by atoms with Gasteiger partial charge in [0.1, 0.15) is 12.1 Å². The molecule has 0 bridgehead atoms. The average molecular weight is 283 g/mol. The monoisotopic (exact) mass is 283 g/mol. The first-order chi connectivity index (χ1) is 10.2. The molecule has 1 saturated heterocycles. The topological polar surface area (TPSA) is 42.2 Å². The summed E-state index contributed by atoms with van der Waals surface area (Å²) in [4.78, 5) is 11.7. The molecule has 4 rings (SSSR count). The largest absolute Gasteiger partial charge is 0.448 e. The molecular weight excluding hydrogens is 262 g/mol. The number of rotatable bonds is 4. The Morgan fingerprint density at radius 3 is 2.71 bits per heavy atom. The second-order valence-electron chi connectivity index (χ2n) is 6.35. The van der Waals surface area contributed by atoms with Gasteiger partial charge in [0.15, 0.2) is 5.89 Å². The lowest BCUT2D eigenvalue weighted by Gasteiger charge is -2.20. The van der Waals surface area contributed by atoms with Gasteiger partial charge < -0.3 is 9.32 Å². The van der Waals surface area contributed by atoms with Crippen molar-refractivity contribution in [3.63, 3.8) is 0 Å². The molecular formula is C17H21N3O. The van der Waals surface area contributed by atoms with Gasteiger partial charge in [0, 0.05) is 18.8 Å². The maximum absolute atomic E-state index is 5.47. The molecule has 3 heterocycles. The molecule has 21 heavy (non-hydrogen) atoms. The van der Waals surface area contributed by atoms with Crippen LogP contribution in [-0.4, -0.2) is 23.1 Å². The lowest BCUT2D eigenvalue weighted by Crippen LogP contribution is -2.23. The van der Waals surface area contributed by atoms with Gasteiger partial charge in [-0.2, -0.15) is 0 Å². The fourth-order valence-electron chi connectivity index (χ4n) is 3.39. The van der Waals surface area contributed by atoms with Gasteiger partial charge in [0.05, 0.1) is 12.1 Å². The van der Waals surface area contributed by atoms with E-state index < -0.39 is 0 Å². The maximum Gasteiger partial charge on any atom is 0.198 e. The molecule has 0 radical (unpaired) electrons. The molecule has 0 spiro atoms. The Labute approximate surface area is 125 Å². The van der Waals surface area contributed by atoms with E-state index in [1.54, 1.807) is 6.26 Å². The summed E-state index contributed by atoms with van der Waals surface area (Å²) >= 11 is 0. The highest BCUT2D eigenvalue weighted by Gasteiger charge is 2.45. The van der Waals surface area contributed by atoms with E-state index >= 15 is 0 Å². The van der Waals surface area contributed by atoms with Gasteiger partial charge in [-0.15, -0.1) is 0 Å². The first kappa shape index (κ1) is 12.9. The van der Waals surface area contributed by atoms with Crippen LogP contribution in [0.3, 0.4) is 0 Å². The Morgan fingerprint density at radius 1 is 1.24 bits per heavy atom. The molecule has 110 valence electrons. The van der Waals surface area contributed by atoms with Crippen molar-refractivity contribution in [2.45, 2.75) is 33.1 Å². The van der Waals surface area contributed by atoms with E-state index in [1.165, 1.54) is 30.8 Å². The van der Waals surface area contributed by atoms with Gasteiger partial charge in [-0.1, -0.05) is 13.0 Å². The van der Waals surface area contributed by atoms with E-state index in [2.05, 4.69) is 28.9 Å². The predicted molar refractivity (Wildman–Crippen MR) is 81.5 cm³/mol. The predicted octanol–water partition coefficient (Wildman–Crippen LogP) is 2.99. The lowest BCUT2D eigenvalue weighted by atomic mass is 10.1. The van der Waals surface area contributed by atoms with Crippen molar-refractivity contribution >= 4 is 5.82 Å². The normalized spacial score (nSPS) is 23.4. The smallest absolute Gasteiger partial charge is 0.198 e. The van der Waals surface area contributed by atoms with Crippen LogP contribution in [0.15, 0.2) is 22.8 Å². The van der Waals surface area contributed by atoms with Crippen molar-refractivity contribution in [2.24, 2.45) is 11.8 Å². The maximum atomic E-state index is 5.47. The molecule has 2 atom stereocenters. The average Bonchev–Trinajstić information content (AvgIpc) is 2.90. The summed E-state index contributed by atoms with van der Waals surface area (Å²) in [6.45, 7) is 6.50. The van der Waals surface area contributed by atoms with E-state index in [4.69, 9.17) is 9.40 Å². The number of oxazole rings is 1. The Bertz CT molecular complexity index is 654. The van der Waals surface area contributed by atoms with Gasteiger partial charge >= 0.3 is 0 Å². The third-order valence-electron chi connectivity index (χ3n) is 4.70. The van der Waals surface area contributed by atoms with E-state index in [9.17, 15) is 0 Å². The zero-order valence-electron chi connectivity index (χ0n) is 12.7. The fourth-order valence-corrected chi connectivity index (χ4v) is 3.39. The number of hydrogen-bond acceptors (Lipinski definition) is 4. The van der Waals surface area contributed by atoms with Crippen LogP contribution in [0.1, 0.15) is 36.2 Å². The highest BCUT2D eigenvalue weighted by molar-refractivity contribution is 5.45. The van der Waals surface area contributed by atoms with E-state index in [0.29, 0.717) is 0 Å². The van der Waals surface area contributed by atoms with Crippen molar-refractivity contribution in [1.29, 1.82) is 0 Å². The molecule has 0 aromatic carbocycles. The zero-order valence-corrected chi connectivity index (χ0v) is 12.7. The van der Waals surface area contributed by atoms with Gasteiger partial charge in [0.25, 0.3) is 0 Å². The third kappa shape index (κ3) is 2.43. The van der Waals surface area contributed by atoms with E-state index in [-0.39, 0.29) is 0 Å². The first-order valence-electron chi connectivity index (χ1n) is 7.87. The highest BCUT2D eigenvalue weighted by Crippen LogP contribution is 2.45. The molecule has 0 amide bonds. The highest BCUT2D eigenvalue weighted by atomic mass is 16.3. The second-order valence-corrected chi connectivity index (χ2v) is 6.35. The standard InChI is InChI=1S/C17H21N3O/c1-3-15-12(7-17-18-11(2)10-21-17)4-5-16(19-15)20-8-13-6-14(13)9-20/h4-5,10,13-14H,3,6-9H2,1-2H3. The number of nitrogens with zero attached hydrogens (tertiary/aromatic N) is 3. The molecule has 0 N–H and O–H groups in total.